The highest BCUT2D eigenvalue weighted by molar-refractivity contribution is 7.10. The lowest BCUT2D eigenvalue weighted by Crippen LogP contribution is -2.10. The van der Waals surface area contributed by atoms with E-state index in [2.05, 4.69) is 17.2 Å². The summed E-state index contributed by atoms with van der Waals surface area (Å²) in [4.78, 5) is 12.8. The number of aliphatic hydroxyl groups excluding tert-OH is 1. The van der Waals surface area contributed by atoms with Gasteiger partial charge in [0.05, 0.1) is 22.1 Å². The Bertz CT molecular complexity index is 718. The lowest BCUT2D eigenvalue weighted by atomic mass is 10.2. The molecule has 6 heteroatoms. The molecule has 0 bridgehead atoms. The number of halogens is 2. The van der Waals surface area contributed by atoms with Crippen LogP contribution in [0.5, 0.6) is 0 Å². The molecule has 0 saturated carbocycles. The van der Waals surface area contributed by atoms with Crippen molar-refractivity contribution in [2.24, 2.45) is 0 Å². The van der Waals surface area contributed by atoms with E-state index in [4.69, 9.17) is 16.7 Å². The smallest absolute Gasteiger partial charge is 0.256 e. The number of nitrogens with one attached hydrogen (secondary N) is 1. The molecule has 21 heavy (non-hydrogen) atoms. The predicted molar refractivity (Wildman–Crippen MR) is 82.3 cm³/mol. The van der Waals surface area contributed by atoms with Gasteiger partial charge >= 0.3 is 0 Å². The van der Waals surface area contributed by atoms with Crippen LogP contribution in [-0.2, 0) is 0 Å². The third-order valence-corrected chi connectivity index (χ3v) is 3.62. The maximum absolute atomic E-state index is 13.0. The van der Waals surface area contributed by atoms with Crippen LogP contribution in [0.2, 0.25) is 5.02 Å². The first-order valence-corrected chi connectivity index (χ1v) is 7.30. The fourth-order valence-electron chi connectivity index (χ4n) is 1.50. The summed E-state index contributed by atoms with van der Waals surface area (Å²) in [5.41, 5.74) is 0.888. The van der Waals surface area contributed by atoms with Gasteiger partial charge in [0.25, 0.3) is 5.91 Å². The molecule has 2 N–H and O–H groups in total. The number of aliphatic hydroxyl groups is 1. The van der Waals surface area contributed by atoms with Gasteiger partial charge in [0.1, 0.15) is 5.82 Å². The van der Waals surface area contributed by atoms with Crippen LogP contribution in [0.25, 0.3) is 0 Å². The Balaban J connectivity index is 2.07. The molecular formula is C15H11ClFNO2S. The second-order valence-electron chi connectivity index (χ2n) is 4.06. The number of amides is 1. The standard InChI is InChI=1S/C15H11ClFNO2S/c16-13-8-11(4-5-14(13)17)18-15(20)10-7-12(21-9-10)3-1-2-6-19/h4-5,7-9,19H,2,6H2,(H,18,20). The molecule has 0 unspecified atom stereocenters. The zero-order chi connectivity index (χ0) is 15.2. The summed E-state index contributed by atoms with van der Waals surface area (Å²) in [6.45, 7) is 0.0110. The first-order valence-electron chi connectivity index (χ1n) is 6.05. The van der Waals surface area contributed by atoms with Gasteiger partial charge < -0.3 is 10.4 Å². The molecule has 0 aliphatic heterocycles. The summed E-state index contributed by atoms with van der Waals surface area (Å²) >= 11 is 7.00. The SMILES string of the molecule is O=C(Nc1ccc(F)c(Cl)c1)c1csc(C#CCCO)c1. The number of anilines is 1. The molecule has 3 nitrogen and oxygen atoms in total. The topological polar surface area (TPSA) is 49.3 Å². The van der Waals surface area contributed by atoms with Crippen LogP contribution in [0, 0.1) is 17.7 Å². The van der Waals surface area contributed by atoms with Gasteiger partial charge in [-0.3, -0.25) is 4.79 Å². The van der Waals surface area contributed by atoms with Gasteiger partial charge in [-0.2, -0.15) is 0 Å². The van der Waals surface area contributed by atoms with Crippen molar-refractivity contribution in [3.8, 4) is 11.8 Å². The highest BCUT2D eigenvalue weighted by Gasteiger charge is 2.09. The Morgan fingerprint density at radius 3 is 2.95 bits per heavy atom. The number of hydrogen-bond acceptors (Lipinski definition) is 3. The van der Waals surface area contributed by atoms with E-state index < -0.39 is 5.82 Å². The molecule has 1 heterocycles. The lowest BCUT2D eigenvalue weighted by Gasteiger charge is -2.04. The minimum atomic E-state index is -0.536. The Kier molecular flexibility index (Phi) is 5.34. The summed E-state index contributed by atoms with van der Waals surface area (Å²) in [6.07, 6.45) is 0.396. The maximum atomic E-state index is 13.0. The van der Waals surface area contributed by atoms with E-state index in [9.17, 15) is 9.18 Å². The molecule has 0 fully saturated rings. The third kappa shape index (κ3) is 4.30. The van der Waals surface area contributed by atoms with E-state index in [0.29, 0.717) is 17.7 Å². The molecule has 108 valence electrons. The predicted octanol–water partition coefficient (Wildman–Crippen LogP) is 3.53. The van der Waals surface area contributed by atoms with Crippen LogP contribution >= 0.6 is 22.9 Å². The number of carbonyl (C=O) groups excluding carboxylic acids is 1. The Hall–Kier alpha value is -1.87. The third-order valence-electron chi connectivity index (χ3n) is 2.49. The molecule has 0 radical (unpaired) electrons. The molecule has 0 aliphatic carbocycles. The minimum Gasteiger partial charge on any atom is -0.395 e. The normalized spacial score (nSPS) is 9.86. The largest absolute Gasteiger partial charge is 0.395 e. The van der Waals surface area contributed by atoms with Gasteiger partial charge in [-0.15, -0.1) is 11.3 Å². The summed E-state index contributed by atoms with van der Waals surface area (Å²) < 4.78 is 13.0. The average molecular weight is 324 g/mol. The van der Waals surface area contributed by atoms with Gasteiger partial charge in [0.15, 0.2) is 0 Å². The van der Waals surface area contributed by atoms with Crippen molar-refractivity contribution in [3.05, 3.63) is 50.9 Å². The Morgan fingerprint density at radius 2 is 2.24 bits per heavy atom. The van der Waals surface area contributed by atoms with Crippen molar-refractivity contribution in [1.29, 1.82) is 0 Å². The molecule has 2 aromatic rings. The lowest BCUT2D eigenvalue weighted by molar-refractivity contribution is 0.102. The average Bonchev–Trinajstić information content (AvgIpc) is 2.92. The van der Waals surface area contributed by atoms with E-state index in [-0.39, 0.29) is 17.5 Å². The Morgan fingerprint density at radius 1 is 1.43 bits per heavy atom. The van der Waals surface area contributed by atoms with Crippen molar-refractivity contribution in [1.82, 2.24) is 0 Å². The van der Waals surface area contributed by atoms with E-state index >= 15 is 0 Å². The first-order chi connectivity index (χ1) is 10.1. The summed E-state index contributed by atoms with van der Waals surface area (Å²) in [5.74, 6) is 4.79. The molecular weight excluding hydrogens is 313 g/mol. The second-order valence-corrected chi connectivity index (χ2v) is 5.38. The van der Waals surface area contributed by atoms with Crippen LogP contribution in [0.4, 0.5) is 10.1 Å². The van der Waals surface area contributed by atoms with Gasteiger partial charge in [0.2, 0.25) is 0 Å². The number of benzene rings is 1. The van der Waals surface area contributed by atoms with Crippen LogP contribution in [-0.4, -0.2) is 17.6 Å². The number of thiophene rings is 1. The highest BCUT2D eigenvalue weighted by atomic mass is 35.5. The van der Waals surface area contributed by atoms with Crippen molar-refractivity contribution < 1.29 is 14.3 Å². The van der Waals surface area contributed by atoms with Crippen molar-refractivity contribution in [2.75, 3.05) is 11.9 Å². The van der Waals surface area contributed by atoms with Gasteiger partial charge in [-0.25, -0.2) is 4.39 Å². The summed E-state index contributed by atoms with van der Waals surface area (Å²) in [7, 11) is 0. The van der Waals surface area contributed by atoms with E-state index in [1.165, 1.54) is 29.5 Å². The zero-order valence-corrected chi connectivity index (χ0v) is 12.4. The number of hydrogen-bond donors (Lipinski definition) is 2. The molecule has 0 spiro atoms. The van der Waals surface area contributed by atoms with Crippen molar-refractivity contribution in [3.63, 3.8) is 0 Å². The van der Waals surface area contributed by atoms with E-state index in [1.54, 1.807) is 11.4 Å². The fourth-order valence-corrected chi connectivity index (χ4v) is 2.44. The van der Waals surface area contributed by atoms with Crippen LogP contribution in [0.3, 0.4) is 0 Å². The minimum absolute atomic E-state index is 0.0110. The van der Waals surface area contributed by atoms with Crippen LogP contribution in [0.1, 0.15) is 21.7 Å². The summed E-state index contributed by atoms with van der Waals surface area (Å²) in [5, 5.41) is 12.9. The van der Waals surface area contributed by atoms with Crippen LogP contribution in [0.15, 0.2) is 29.6 Å². The number of carbonyl (C=O) groups is 1. The Labute approximate surface area is 130 Å². The molecule has 0 aliphatic rings. The molecule has 2 rings (SSSR count). The quantitative estimate of drug-likeness (QED) is 0.849. The van der Waals surface area contributed by atoms with E-state index in [1.807, 2.05) is 0 Å². The van der Waals surface area contributed by atoms with Crippen LogP contribution < -0.4 is 5.32 Å². The first kappa shape index (κ1) is 15.5. The molecule has 1 aromatic carbocycles. The summed E-state index contributed by atoms with van der Waals surface area (Å²) in [6, 6.07) is 5.64. The van der Waals surface area contributed by atoms with Gasteiger partial charge in [0, 0.05) is 17.5 Å². The number of rotatable bonds is 3. The second kappa shape index (κ2) is 7.23. The fraction of sp³-hybridized carbons (Fsp3) is 0.133. The highest BCUT2D eigenvalue weighted by Crippen LogP contribution is 2.21. The van der Waals surface area contributed by atoms with E-state index in [0.717, 1.165) is 4.88 Å². The van der Waals surface area contributed by atoms with Gasteiger partial charge in [-0.1, -0.05) is 23.4 Å². The maximum Gasteiger partial charge on any atom is 0.256 e. The van der Waals surface area contributed by atoms with Crippen molar-refractivity contribution >= 4 is 34.5 Å². The van der Waals surface area contributed by atoms with Crippen molar-refractivity contribution in [2.45, 2.75) is 6.42 Å². The monoisotopic (exact) mass is 323 g/mol. The molecule has 1 aromatic heterocycles. The molecule has 1 amide bonds. The van der Waals surface area contributed by atoms with Gasteiger partial charge in [-0.05, 0) is 24.3 Å². The molecule has 0 saturated heterocycles. The molecule has 0 atom stereocenters. The zero-order valence-electron chi connectivity index (χ0n) is 10.8.